The van der Waals surface area contributed by atoms with E-state index in [0.717, 1.165) is 16.6 Å². The molecule has 0 saturated carbocycles. The minimum atomic E-state index is -0.183. The molecule has 2 N–H and O–H groups in total. The van der Waals surface area contributed by atoms with Gasteiger partial charge in [-0.15, -0.1) is 0 Å². The predicted molar refractivity (Wildman–Crippen MR) is 106 cm³/mol. The smallest absolute Gasteiger partial charge is 0.305 e. The first-order valence-electron chi connectivity index (χ1n) is 9.17. The first kappa shape index (κ1) is 18.7. The molecule has 140 valence electrons. The zero-order chi connectivity index (χ0) is 19.4. The van der Waals surface area contributed by atoms with Crippen molar-refractivity contribution in [1.29, 1.82) is 0 Å². The Morgan fingerprint density at radius 2 is 1.85 bits per heavy atom. The highest BCUT2D eigenvalue weighted by atomic mass is 16.5. The Bertz CT molecular complexity index is 971. The number of fused-ring (bicyclic) bond motifs is 1. The third-order valence-electron chi connectivity index (χ3n) is 4.72. The van der Waals surface area contributed by atoms with Gasteiger partial charge < -0.3 is 14.9 Å². The summed E-state index contributed by atoms with van der Waals surface area (Å²) in [5.74, 6) is -0.220. The van der Waals surface area contributed by atoms with Crippen LogP contribution in [0.5, 0.6) is 0 Å². The zero-order valence-electron chi connectivity index (χ0n) is 15.7. The molecule has 27 heavy (non-hydrogen) atoms. The summed E-state index contributed by atoms with van der Waals surface area (Å²) in [7, 11) is 0. The first-order chi connectivity index (χ1) is 13.0. The molecule has 0 spiro atoms. The molecule has 0 aliphatic heterocycles. The van der Waals surface area contributed by atoms with Crippen LogP contribution in [-0.2, 0) is 16.0 Å². The number of pyridine rings is 1. The van der Waals surface area contributed by atoms with E-state index in [2.05, 4.69) is 0 Å². The molecule has 2 heterocycles. The van der Waals surface area contributed by atoms with E-state index >= 15 is 0 Å². The molecule has 0 saturated heterocycles. The van der Waals surface area contributed by atoms with Crippen LogP contribution in [0.4, 0.5) is 5.69 Å². The number of nitrogens with two attached hydrogens (primary N) is 1. The largest absolute Gasteiger partial charge is 0.466 e. The second kappa shape index (κ2) is 8.08. The van der Waals surface area contributed by atoms with Crippen LogP contribution in [0.2, 0.25) is 0 Å². The molecule has 2 aromatic heterocycles. The summed E-state index contributed by atoms with van der Waals surface area (Å²) >= 11 is 0. The average molecular weight is 364 g/mol. The first-order valence-corrected chi connectivity index (χ1v) is 9.17. The number of ether oxygens (including phenoxy) is 1. The average Bonchev–Trinajstić information content (AvgIpc) is 2.94. The number of benzene rings is 1. The van der Waals surface area contributed by atoms with Crippen molar-refractivity contribution in [3.05, 3.63) is 71.0 Å². The monoisotopic (exact) mass is 364 g/mol. The van der Waals surface area contributed by atoms with Crippen molar-refractivity contribution in [1.82, 2.24) is 4.40 Å². The second-order valence-electron chi connectivity index (χ2n) is 6.52. The van der Waals surface area contributed by atoms with E-state index < -0.39 is 0 Å². The molecule has 0 aliphatic carbocycles. The number of hydrogen-bond donors (Lipinski definition) is 1. The van der Waals surface area contributed by atoms with E-state index in [-0.39, 0.29) is 11.8 Å². The van der Waals surface area contributed by atoms with Gasteiger partial charge in [-0.2, -0.15) is 0 Å². The van der Waals surface area contributed by atoms with E-state index in [4.69, 9.17) is 10.5 Å². The Kier molecular flexibility index (Phi) is 5.60. The molecule has 3 rings (SSSR count). The molecule has 5 nitrogen and oxygen atoms in total. The molecule has 5 heteroatoms. The number of esters is 1. The predicted octanol–water partition coefficient (Wildman–Crippen LogP) is 3.95. The van der Waals surface area contributed by atoms with Crippen molar-refractivity contribution in [2.24, 2.45) is 0 Å². The van der Waals surface area contributed by atoms with Crippen molar-refractivity contribution < 1.29 is 14.3 Å². The van der Waals surface area contributed by atoms with Crippen molar-refractivity contribution in [2.45, 2.75) is 33.1 Å². The lowest BCUT2D eigenvalue weighted by atomic mass is 10.0. The van der Waals surface area contributed by atoms with Crippen LogP contribution in [0.3, 0.4) is 0 Å². The highest BCUT2D eigenvalue weighted by molar-refractivity contribution is 6.10. The lowest BCUT2D eigenvalue weighted by Crippen LogP contribution is -2.07. The molecule has 0 fully saturated rings. The van der Waals surface area contributed by atoms with E-state index in [1.165, 1.54) is 0 Å². The van der Waals surface area contributed by atoms with Gasteiger partial charge in [0, 0.05) is 29.4 Å². The zero-order valence-corrected chi connectivity index (χ0v) is 15.7. The number of carbonyl (C=O) groups is 2. The maximum atomic E-state index is 13.1. The number of carbonyl (C=O) groups excluding carboxylic acids is 2. The van der Waals surface area contributed by atoms with Crippen LogP contribution in [-0.4, -0.2) is 22.8 Å². The molecule has 0 amide bonds. The van der Waals surface area contributed by atoms with Gasteiger partial charge in [0.05, 0.1) is 12.3 Å². The van der Waals surface area contributed by atoms with E-state index in [0.29, 0.717) is 42.8 Å². The lowest BCUT2D eigenvalue weighted by molar-refractivity contribution is -0.143. The lowest BCUT2D eigenvalue weighted by Gasteiger charge is -2.04. The third kappa shape index (κ3) is 3.87. The normalized spacial score (nSPS) is 10.9. The Hall–Kier alpha value is -3.08. The SMILES string of the molecule is CCOC(=O)CCCc1c(C)c(C(=O)c2ccc(N)cc2)n2ccccc12. The summed E-state index contributed by atoms with van der Waals surface area (Å²) in [4.78, 5) is 24.8. The minimum Gasteiger partial charge on any atom is -0.466 e. The maximum absolute atomic E-state index is 13.1. The number of aryl methyl sites for hydroxylation is 1. The van der Waals surface area contributed by atoms with Gasteiger partial charge >= 0.3 is 5.97 Å². The molecule has 0 radical (unpaired) electrons. The number of ketones is 1. The molecule has 1 aromatic carbocycles. The van der Waals surface area contributed by atoms with Gasteiger partial charge in [-0.1, -0.05) is 6.07 Å². The molecule has 0 bridgehead atoms. The van der Waals surface area contributed by atoms with E-state index in [1.54, 1.807) is 31.2 Å². The Morgan fingerprint density at radius 1 is 1.11 bits per heavy atom. The van der Waals surface area contributed by atoms with Crippen LogP contribution >= 0.6 is 0 Å². The summed E-state index contributed by atoms with van der Waals surface area (Å²) in [6.45, 7) is 4.17. The van der Waals surface area contributed by atoms with Gasteiger partial charge in [-0.3, -0.25) is 9.59 Å². The number of hydrogen-bond acceptors (Lipinski definition) is 4. The van der Waals surface area contributed by atoms with Crippen LogP contribution in [0.25, 0.3) is 5.52 Å². The summed E-state index contributed by atoms with van der Waals surface area (Å²) in [5, 5.41) is 0. The Balaban J connectivity index is 1.94. The molecule has 0 atom stereocenters. The van der Waals surface area contributed by atoms with E-state index in [1.807, 2.05) is 35.7 Å². The van der Waals surface area contributed by atoms with Gasteiger partial charge in [-0.25, -0.2) is 0 Å². The van der Waals surface area contributed by atoms with E-state index in [9.17, 15) is 9.59 Å². The molecule has 3 aromatic rings. The molecule has 0 unspecified atom stereocenters. The highest BCUT2D eigenvalue weighted by Gasteiger charge is 2.21. The van der Waals surface area contributed by atoms with Crippen molar-refractivity contribution in [3.63, 3.8) is 0 Å². The number of nitrogens with zero attached hydrogens (tertiary/aromatic N) is 1. The summed E-state index contributed by atoms with van der Waals surface area (Å²) < 4.78 is 6.94. The minimum absolute atomic E-state index is 0.0367. The van der Waals surface area contributed by atoms with Crippen molar-refractivity contribution in [2.75, 3.05) is 12.3 Å². The summed E-state index contributed by atoms with van der Waals surface area (Å²) in [5.41, 5.74) is 10.7. The van der Waals surface area contributed by atoms with Crippen LogP contribution in [0.15, 0.2) is 48.7 Å². The Labute approximate surface area is 158 Å². The molecular formula is C22H24N2O3. The number of anilines is 1. The van der Waals surface area contributed by atoms with Gasteiger partial charge in [0.2, 0.25) is 5.78 Å². The van der Waals surface area contributed by atoms with Gasteiger partial charge in [0.15, 0.2) is 0 Å². The van der Waals surface area contributed by atoms with Crippen molar-refractivity contribution in [3.8, 4) is 0 Å². The van der Waals surface area contributed by atoms with Gasteiger partial charge in [0.25, 0.3) is 0 Å². The Morgan fingerprint density at radius 3 is 2.56 bits per heavy atom. The van der Waals surface area contributed by atoms with Crippen molar-refractivity contribution >= 4 is 23.0 Å². The van der Waals surface area contributed by atoms with Crippen LogP contribution in [0, 0.1) is 6.92 Å². The topological polar surface area (TPSA) is 73.8 Å². The summed E-state index contributed by atoms with van der Waals surface area (Å²) in [6, 6.07) is 12.8. The number of nitrogen functional groups attached to an aromatic ring is 1. The number of rotatable bonds is 7. The number of aromatic nitrogens is 1. The molecule has 0 aliphatic rings. The highest BCUT2D eigenvalue weighted by Crippen LogP contribution is 2.27. The fraction of sp³-hybridized carbons (Fsp3) is 0.273. The van der Waals surface area contributed by atoms with Gasteiger partial charge in [0.1, 0.15) is 0 Å². The second-order valence-corrected chi connectivity index (χ2v) is 6.52. The quantitative estimate of drug-likeness (QED) is 0.391. The fourth-order valence-electron chi connectivity index (χ4n) is 3.41. The standard InChI is InChI=1S/C22H24N2O3/c1-3-27-20(25)9-6-7-18-15(2)21(24-14-5-4-8-19(18)24)22(26)16-10-12-17(23)13-11-16/h4-5,8,10-14H,3,6-7,9,23H2,1-2H3. The van der Waals surface area contributed by atoms with Gasteiger partial charge in [-0.05, 0) is 74.2 Å². The fourth-order valence-corrected chi connectivity index (χ4v) is 3.41. The molecular weight excluding hydrogens is 340 g/mol. The van der Waals surface area contributed by atoms with Crippen LogP contribution < -0.4 is 5.73 Å². The summed E-state index contributed by atoms with van der Waals surface area (Å²) in [6.07, 6.45) is 3.68. The third-order valence-corrected chi connectivity index (χ3v) is 4.72. The van der Waals surface area contributed by atoms with Crippen LogP contribution in [0.1, 0.15) is 46.9 Å². The maximum Gasteiger partial charge on any atom is 0.305 e.